The molecule has 0 radical (unpaired) electrons. The Bertz CT molecular complexity index is 334. The zero-order chi connectivity index (χ0) is 11.6. The number of hydrogen-bond acceptors (Lipinski definition) is 1. The van der Waals surface area contributed by atoms with Gasteiger partial charge >= 0.3 is 0 Å². The molecule has 0 bridgehead atoms. The first-order chi connectivity index (χ1) is 6.86. The largest absolute Gasteiger partial charge is 0.508 e. The van der Waals surface area contributed by atoms with E-state index in [0.717, 1.165) is 12.0 Å². The van der Waals surface area contributed by atoms with E-state index < -0.39 is 0 Å². The highest BCUT2D eigenvalue weighted by Crippen LogP contribution is 2.32. The minimum absolute atomic E-state index is 0.149. The third-order valence-corrected chi connectivity index (χ3v) is 3.04. The van der Waals surface area contributed by atoms with Crippen LogP contribution in [0.2, 0.25) is 0 Å². The molecule has 1 nitrogen and oxygen atoms in total. The van der Waals surface area contributed by atoms with E-state index in [2.05, 4.69) is 40.7 Å². The molecule has 0 aliphatic rings. The molecule has 1 rings (SSSR count). The van der Waals surface area contributed by atoms with Crippen LogP contribution in [0.4, 0.5) is 0 Å². The summed E-state index contributed by atoms with van der Waals surface area (Å²) in [6.45, 7) is 10.9. The van der Waals surface area contributed by atoms with Crippen molar-refractivity contribution in [2.45, 2.75) is 52.4 Å². The second-order valence-electron chi connectivity index (χ2n) is 5.33. The fraction of sp³-hybridized carbons (Fsp3) is 0.571. The van der Waals surface area contributed by atoms with E-state index in [1.165, 1.54) is 5.56 Å². The molecule has 0 saturated carbocycles. The van der Waals surface area contributed by atoms with Gasteiger partial charge in [0.25, 0.3) is 0 Å². The molecule has 0 aromatic heterocycles. The molecular weight excluding hydrogens is 184 g/mol. The molecule has 0 fully saturated rings. The van der Waals surface area contributed by atoms with Gasteiger partial charge in [0.15, 0.2) is 0 Å². The standard InChI is InChI=1S/C14H22O/c1-6-10(2)12-9-11(14(3,4)5)7-8-13(12)15/h7-10,15H,6H2,1-5H3/t10-/m0/s1. The third kappa shape index (κ3) is 2.74. The summed E-state index contributed by atoms with van der Waals surface area (Å²) < 4.78 is 0. The van der Waals surface area contributed by atoms with Crippen LogP contribution in [0.15, 0.2) is 18.2 Å². The SMILES string of the molecule is CC[C@H](C)c1cc(C(C)(C)C)ccc1O. The monoisotopic (exact) mass is 206 g/mol. The Kier molecular flexibility index (Phi) is 3.43. The van der Waals surface area contributed by atoms with Gasteiger partial charge in [0.05, 0.1) is 0 Å². The van der Waals surface area contributed by atoms with Gasteiger partial charge in [0, 0.05) is 0 Å². The average Bonchev–Trinajstić information content (AvgIpc) is 2.15. The maximum absolute atomic E-state index is 9.80. The first-order valence-electron chi connectivity index (χ1n) is 5.69. The van der Waals surface area contributed by atoms with Gasteiger partial charge in [-0.25, -0.2) is 0 Å². The van der Waals surface area contributed by atoms with Gasteiger partial charge in [-0.2, -0.15) is 0 Å². The lowest BCUT2D eigenvalue weighted by molar-refractivity contribution is 0.460. The predicted octanol–water partition coefficient (Wildman–Crippen LogP) is 4.20. The molecule has 1 aromatic rings. The molecule has 15 heavy (non-hydrogen) atoms. The van der Waals surface area contributed by atoms with E-state index in [4.69, 9.17) is 0 Å². The van der Waals surface area contributed by atoms with E-state index in [0.29, 0.717) is 11.7 Å². The highest BCUT2D eigenvalue weighted by Gasteiger charge is 2.17. The van der Waals surface area contributed by atoms with Crippen molar-refractivity contribution in [2.24, 2.45) is 0 Å². The summed E-state index contributed by atoms with van der Waals surface area (Å²) in [5.41, 5.74) is 2.51. The lowest BCUT2D eigenvalue weighted by atomic mass is 9.84. The van der Waals surface area contributed by atoms with Gasteiger partial charge in [-0.15, -0.1) is 0 Å². The van der Waals surface area contributed by atoms with Gasteiger partial charge in [0.1, 0.15) is 5.75 Å². The normalized spacial score (nSPS) is 13.9. The van der Waals surface area contributed by atoms with E-state index in [1.54, 1.807) is 0 Å². The van der Waals surface area contributed by atoms with Gasteiger partial charge < -0.3 is 5.11 Å². The van der Waals surface area contributed by atoms with Crippen LogP contribution in [0.1, 0.15) is 58.1 Å². The topological polar surface area (TPSA) is 20.2 Å². The van der Waals surface area contributed by atoms with Crippen LogP contribution in [0, 0.1) is 0 Å². The van der Waals surface area contributed by atoms with Crippen LogP contribution in [0.25, 0.3) is 0 Å². The van der Waals surface area contributed by atoms with Crippen molar-refractivity contribution in [1.29, 1.82) is 0 Å². The Morgan fingerprint density at radius 3 is 2.33 bits per heavy atom. The molecule has 84 valence electrons. The van der Waals surface area contributed by atoms with Crippen molar-refractivity contribution in [1.82, 2.24) is 0 Å². The maximum Gasteiger partial charge on any atom is 0.119 e. The third-order valence-electron chi connectivity index (χ3n) is 3.04. The van der Waals surface area contributed by atoms with E-state index in [1.807, 2.05) is 12.1 Å². The zero-order valence-electron chi connectivity index (χ0n) is 10.5. The molecule has 0 heterocycles. The summed E-state index contributed by atoms with van der Waals surface area (Å²) in [6.07, 6.45) is 1.06. The smallest absolute Gasteiger partial charge is 0.119 e. The number of rotatable bonds is 2. The summed E-state index contributed by atoms with van der Waals surface area (Å²) in [6, 6.07) is 5.98. The van der Waals surface area contributed by atoms with Crippen molar-refractivity contribution in [3.05, 3.63) is 29.3 Å². The van der Waals surface area contributed by atoms with Crippen molar-refractivity contribution in [2.75, 3.05) is 0 Å². The summed E-state index contributed by atoms with van der Waals surface area (Å²) in [5, 5.41) is 9.80. The average molecular weight is 206 g/mol. The second kappa shape index (κ2) is 4.26. The Morgan fingerprint density at radius 1 is 1.27 bits per heavy atom. The van der Waals surface area contributed by atoms with Crippen molar-refractivity contribution in [3.8, 4) is 5.75 Å². The van der Waals surface area contributed by atoms with Gasteiger partial charge in [-0.05, 0) is 34.9 Å². The first kappa shape index (κ1) is 12.1. The minimum Gasteiger partial charge on any atom is -0.508 e. The molecule has 0 amide bonds. The number of hydrogen-bond donors (Lipinski definition) is 1. The molecular formula is C14H22O. The second-order valence-corrected chi connectivity index (χ2v) is 5.33. The Hall–Kier alpha value is -0.980. The summed E-state index contributed by atoms with van der Waals surface area (Å²) in [7, 11) is 0. The van der Waals surface area contributed by atoms with Crippen LogP contribution >= 0.6 is 0 Å². The predicted molar refractivity (Wildman–Crippen MR) is 65.5 cm³/mol. The Balaban J connectivity index is 3.17. The van der Waals surface area contributed by atoms with Crippen LogP contribution in [0.5, 0.6) is 5.75 Å². The first-order valence-corrected chi connectivity index (χ1v) is 5.69. The van der Waals surface area contributed by atoms with Crippen LogP contribution in [-0.2, 0) is 5.41 Å². The van der Waals surface area contributed by atoms with E-state index in [9.17, 15) is 5.11 Å². The van der Waals surface area contributed by atoms with Crippen molar-refractivity contribution < 1.29 is 5.11 Å². The number of phenols is 1. The van der Waals surface area contributed by atoms with Crippen molar-refractivity contribution in [3.63, 3.8) is 0 Å². The van der Waals surface area contributed by atoms with E-state index in [-0.39, 0.29) is 5.41 Å². The Morgan fingerprint density at radius 2 is 1.87 bits per heavy atom. The number of phenolic OH excluding ortho intramolecular Hbond substituents is 1. The van der Waals surface area contributed by atoms with Gasteiger partial charge in [-0.3, -0.25) is 0 Å². The molecule has 0 spiro atoms. The number of aromatic hydroxyl groups is 1. The highest BCUT2D eigenvalue weighted by molar-refractivity contribution is 5.40. The minimum atomic E-state index is 0.149. The fourth-order valence-electron chi connectivity index (χ4n) is 1.64. The Labute approximate surface area is 93.1 Å². The van der Waals surface area contributed by atoms with Gasteiger partial charge in [0.2, 0.25) is 0 Å². The lowest BCUT2D eigenvalue weighted by Gasteiger charge is -2.21. The zero-order valence-corrected chi connectivity index (χ0v) is 10.5. The summed E-state index contributed by atoms with van der Waals surface area (Å²) >= 11 is 0. The highest BCUT2D eigenvalue weighted by atomic mass is 16.3. The summed E-state index contributed by atoms with van der Waals surface area (Å²) in [5.74, 6) is 0.852. The molecule has 0 aliphatic heterocycles. The molecule has 1 N–H and O–H groups in total. The molecule has 1 aromatic carbocycles. The molecule has 0 saturated heterocycles. The molecule has 0 unspecified atom stereocenters. The lowest BCUT2D eigenvalue weighted by Crippen LogP contribution is -2.11. The fourth-order valence-corrected chi connectivity index (χ4v) is 1.64. The van der Waals surface area contributed by atoms with Gasteiger partial charge in [-0.1, -0.05) is 46.8 Å². The quantitative estimate of drug-likeness (QED) is 0.768. The molecule has 1 atom stereocenters. The van der Waals surface area contributed by atoms with E-state index >= 15 is 0 Å². The molecule has 0 aliphatic carbocycles. The van der Waals surface area contributed by atoms with Crippen molar-refractivity contribution >= 4 is 0 Å². The number of benzene rings is 1. The van der Waals surface area contributed by atoms with Crippen LogP contribution in [-0.4, -0.2) is 5.11 Å². The maximum atomic E-state index is 9.80. The summed E-state index contributed by atoms with van der Waals surface area (Å²) in [4.78, 5) is 0. The van der Waals surface area contributed by atoms with Crippen LogP contribution in [0.3, 0.4) is 0 Å². The van der Waals surface area contributed by atoms with Crippen LogP contribution < -0.4 is 0 Å². The molecule has 1 heteroatoms.